The summed E-state index contributed by atoms with van der Waals surface area (Å²) in [5.41, 5.74) is 0.772. The predicted molar refractivity (Wildman–Crippen MR) is 96.0 cm³/mol. The van der Waals surface area contributed by atoms with Gasteiger partial charge in [-0.3, -0.25) is 14.5 Å². The number of likely N-dealkylation sites (N-methyl/N-ethyl adjacent to an activating group) is 1. The molecule has 1 aromatic rings. The van der Waals surface area contributed by atoms with Crippen LogP contribution in [0.5, 0.6) is 11.5 Å². The van der Waals surface area contributed by atoms with Crippen molar-refractivity contribution in [2.24, 2.45) is 0 Å². The van der Waals surface area contributed by atoms with E-state index >= 15 is 0 Å². The van der Waals surface area contributed by atoms with Crippen LogP contribution in [0.2, 0.25) is 5.02 Å². The number of hydrogen-bond acceptors (Lipinski definition) is 5. The van der Waals surface area contributed by atoms with E-state index in [1.165, 1.54) is 0 Å². The first-order valence-corrected chi connectivity index (χ1v) is 9.17. The summed E-state index contributed by atoms with van der Waals surface area (Å²) in [4.78, 5) is 25.1. The molecule has 1 amide bonds. The van der Waals surface area contributed by atoms with Crippen molar-refractivity contribution in [2.75, 3.05) is 26.3 Å². The quantitative estimate of drug-likeness (QED) is 0.746. The number of rotatable bonds is 7. The average molecular weight is 383 g/mol. The maximum absolute atomic E-state index is 12.3. The first-order chi connectivity index (χ1) is 12.5. The molecule has 0 saturated heterocycles. The number of nitrogens with one attached hydrogen (secondary N) is 1. The molecular weight excluding hydrogens is 360 g/mol. The Morgan fingerprint density at radius 3 is 2.73 bits per heavy atom. The Morgan fingerprint density at radius 1 is 1.31 bits per heavy atom. The number of carbonyl (C=O) groups excluding carboxylic acids is 1. The lowest BCUT2D eigenvalue weighted by Crippen LogP contribution is -2.55. The van der Waals surface area contributed by atoms with E-state index in [0.29, 0.717) is 36.3 Å². The summed E-state index contributed by atoms with van der Waals surface area (Å²) < 4.78 is 11.0. The van der Waals surface area contributed by atoms with Gasteiger partial charge in [0.2, 0.25) is 5.91 Å². The van der Waals surface area contributed by atoms with Gasteiger partial charge >= 0.3 is 5.97 Å². The van der Waals surface area contributed by atoms with E-state index in [9.17, 15) is 9.59 Å². The molecule has 0 unspecified atom stereocenters. The zero-order valence-electron chi connectivity index (χ0n) is 14.7. The number of halogens is 1. The molecule has 26 heavy (non-hydrogen) atoms. The highest BCUT2D eigenvalue weighted by molar-refractivity contribution is 6.32. The number of amides is 1. The monoisotopic (exact) mass is 382 g/mol. The van der Waals surface area contributed by atoms with Crippen LogP contribution in [0.1, 0.15) is 25.3 Å². The number of carbonyl (C=O) groups is 2. The van der Waals surface area contributed by atoms with Gasteiger partial charge in [0, 0.05) is 12.1 Å². The Hall–Kier alpha value is -1.99. The van der Waals surface area contributed by atoms with Crippen molar-refractivity contribution in [3.8, 4) is 11.5 Å². The summed E-state index contributed by atoms with van der Waals surface area (Å²) in [5.74, 6) is 0.196. The van der Waals surface area contributed by atoms with Crippen LogP contribution in [0.3, 0.4) is 0 Å². The first-order valence-electron chi connectivity index (χ1n) is 8.79. The third kappa shape index (κ3) is 4.40. The van der Waals surface area contributed by atoms with E-state index in [-0.39, 0.29) is 31.0 Å². The van der Waals surface area contributed by atoms with E-state index in [2.05, 4.69) is 5.32 Å². The fourth-order valence-electron chi connectivity index (χ4n) is 3.41. The Morgan fingerprint density at radius 2 is 2.04 bits per heavy atom. The summed E-state index contributed by atoms with van der Waals surface area (Å²) in [6, 6.07) is 3.81. The standard InChI is InChI=1S/C18H23ClN2O5/c1-2-21(10-17(23)24)13-8-12(9-13)20-16(22)7-11-5-14(19)18-15(6-11)25-3-4-26-18/h5-6,12-13H,2-4,7-10H2,1H3,(H,20,22)(H,23,24). The van der Waals surface area contributed by atoms with Gasteiger partial charge in [-0.15, -0.1) is 0 Å². The van der Waals surface area contributed by atoms with E-state index in [0.717, 1.165) is 18.4 Å². The van der Waals surface area contributed by atoms with Crippen LogP contribution >= 0.6 is 11.6 Å². The molecule has 7 nitrogen and oxygen atoms in total. The van der Waals surface area contributed by atoms with Crippen molar-refractivity contribution in [3.63, 3.8) is 0 Å². The number of carboxylic acid groups (broad SMARTS) is 1. The number of ether oxygens (including phenoxy) is 2. The molecular formula is C18H23ClN2O5. The molecule has 0 bridgehead atoms. The summed E-state index contributed by atoms with van der Waals surface area (Å²) in [7, 11) is 0. The molecule has 1 aromatic carbocycles. The maximum atomic E-state index is 12.3. The third-order valence-corrected chi connectivity index (χ3v) is 5.04. The molecule has 2 aliphatic rings. The first kappa shape index (κ1) is 18.8. The minimum atomic E-state index is -0.824. The van der Waals surface area contributed by atoms with E-state index in [1.807, 2.05) is 11.8 Å². The van der Waals surface area contributed by atoms with Gasteiger partial charge < -0.3 is 19.9 Å². The van der Waals surface area contributed by atoms with Crippen LogP contribution < -0.4 is 14.8 Å². The number of benzene rings is 1. The fraction of sp³-hybridized carbons (Fsp3) is 0.556. The van der Waals surface area contributed by atoms with E-state index in [4.69, 9.17) is 26.2 Å². The second-order valence-electron chi connectivity index (χ2n) is 6.63. The maximum Gasteiger partial charge on any atom is 0.317 e. The SMILES string of the molecule is CCN(CC(=O)O)C1CC(NC(=O)Cc2cc(Cl)c3c(c2)OCCO3)C1. The molecule has 0 spiro atoms. The van der Waals surface area contributed by atoms with Gasteiger partial charge in [0.15, 0.2) is 11.5 Å². The second kappa shape index (κ2) is 8.14. The summed E-state index contributed by atoms with van der Waals surface area (Å²) in [5, 5.41) is 12.4. The highest BCUT2D eigenvalue weighted by atomic mass is 35.5. The molecule has 1 aliphatic heterocycles. The molecule has 1 fully saturated rings. The lowest BCUT2D eigenvalue weighted by molar-refractivity contribution is -0.139. The van der Waals surface area contributed by atoms with Crippen LogP contribution in [0.25, 0.3) is 0 Å². The van der Waals surface area contributed by atoms with E-state index < -0.39 is 5.97 Å². The van der Waals surface area contributed by atoms with Gasteiger partial charge in [0.1, 0.15) is 13.2 Å². The Labute approximate surface area is 157 Å². The van der Waals surface area contributed by atoms with Gasteiger partial charge in [-0.25, -0.2) is 0 Å². The molecule has 1 heterocycles. The number of nitrogens with zero attached hydrogens (tertiary/aromatic N) is 1. The highest BCUT2D eigenvalue weighted by Crippen LogP contribution is 2.38. The summed E-state index contributed by atoms with van der Waals surface area (Å²) >= 11 is 6.20. The van der Waals surface area contributed by atoms with Crippen molar-refractivity contribution >= 4 is 23.5 Å². The minimum absolute atomic E-state index is 0.0392. The molecule has 0 radical (unpaired) electrons. The number of aliphatic carboxylic acids is 1. The average Bonchev–Trinajstić information content (AvgIpc) is 2.56. The lowest BCUT2D eigenvalue weighted by atomic mass is 9.85. The second-order valence-corrected chi connectivity index (χ2v) is 7.03. The minimum Gasteiger partial charge on any atom is -0.486 e. The van der Waals surface area contributed by atoms with Crippen molar-refractivity contribution in [2.45, 2.75) is 38.3 Å². The fourth-order valence-corrected chi connectivity index (χ4v) is 3.69. The summed E-state index contributed by atoms with van der Waals surface area (Å²) in [6.07, 6.45) is 1.76. The Kier molecular flexibility index (Phi) is 5.88. The van der Waals surface area contributed by atoms with Crippen LogP contribution in [0, 0.1) is 0 Å². The zero-order valence-corrected chi connectivity index (χ0v) is 15.4. The zero-order chi connectivity index (χ0) is 18.7. The van der Waals surface area contributed by atoms with E-state index in [1.54, 1.807) is 12.1 Å². The van der Waals surface area contributed by atoms with Gasteiger partial charge in [0.05, 0.1) is 18.0 Å². The molecule has 1 saturated carbocycles. The lowest BCUT2D eigenvalue weighted by Gasteiger charge is -2.42. The Balaban J connectivity index is 1.50. The molecule has 8 heteroatoms. The van der Waals surface area contributed by atoms with Crippen LogP contribution in [-0.4, -0.2) is 60.3 Å². The number of hydrogen-bond donors (Lipinski definition) is 2. The molecule has 0 atom stereocenters. The van der Waals surface area contributed by atoms with Crippen molar-refractivity contribution in [1.29, 1.82) is 0 Å². The van der Waals surface area contributed by atoms with Crippen LogP contribution in [0.4, 0.5) is 0 Å². The number of carboxylic acids is 1. The smallest absolute Gasteiger partial charge is 0.317 e. The van der Waals surface area contributed by atoms with Crippen LogP contribution in [0.15, 0.2) is 12.1 Å². The van der Waals surface area contributed by atoms with Crippen LogP contribution in [-0.2, 0) is 16.0 Å². The highest BCUT2D eigenvalue weighted by Gasteiger charge is 2.34. The molecule has 2 N–H and O–H groups in total. The van der Waals surface area contributed by atoms with Crippen molar-refractivity contribution in [3.05, 3.63) is 22.7 Å². The largest absolute Gasteiger partial charge is 0.486 e. The molecule has 1 aliphatic carbocycles. The van der Waals surface area contributed by atoms with Gasteiger partial charge in [-0.1, -0.05) is 18.5 Å². The normalized spacial score (nSPS) is 21.2. The van der Waals surface area contributed by atoms with Gasteiger partial charge in [-0.05, 0) is 37.1 Å². The molecule has 142 valence electrons. The third-order valence-electron chi connectivity index (χ3n) is 4.76. The molecule has 3 rings (SSSR count). The molecule has 0 aromatic heterocycles. The Bertz CT molecular complexity index is 690. The van der Waals surface area contributed by atoms with Crippen molar-refractivity contribution in [1.82, 2.24) is 10.2 Å². The van der Waals surface area contributed by atoms with Gasteiger partial charge in [-0.2, -0.15) is 0 Å². The predicted octanol–water partition coefficient (Wildman–Crippen LogP) is 1.71. The van der Waals surface area contributed by atoms with Gasteiger partial charge in [0.25, 0.3) is 0 Å². The van der Waals surface area contributed by atoms with Crippen molar-refractivity contribution < 1.29 is 24.2 Å². The summed E-state index contributed by atoms with van der Waals surface area (Å²) in [6.45, 7) is 3.60. The number of fused-ring (bicyclic) bond motifs is 1. The topological polar surface area (TPSA) is 88.1 Å².